The van der Waals surface area contributed by atoms with Gasteiger partial charge in [-0.05, 0) is 42.7 Å². The van der Waals surface area contributed by atoms with Gasteiger partial charge in [-0.15, -0.1) is 0 Å². The molecule has 3 aromatic rings. The van der Waals surface area contributed by atoms with Gasteiger partial charge in [-0.25, -0.2) is 0 Å². The van der Waals surface area contributed by atoms with E-state index >= 15 is 0 Å². The largest absolute Gasteiger partial charge is 0.493 e. The number of pyridine rings is 1. The summed E-state index contributed by atoms with van der Waals surface area (Å²) < 4.78 is 24.7. The van der Waals surface area contributed by atoms with Gasteiger partial charge in [0, 0.05) is 43.7 Å². The minimum Gasteiger partial charge on any atom is -0.493 e. The lowest BCUT2D eigenvalue weighted by atomic mass is 9.90. The van der Waals surface area contributed by atoms with E-state index in [0.717, 1.165) is 23.9 Å². The fourth-order valence-electron chi connectivity index (χ4n) is 4.95. The van der Waals surface area contributed by atoms with Gasteiger partial charge in [-0.1, -0.05) is 25.1 Å². The number of benzene rings is 2. The molecule has 5 rings (SSSR count). The number of aromatic nitrogens is 1. The van der Waals surface area contributed by atoms with Crippen molar-refractivity contribution in [1.29, 1.82) is 0 Å². The third-order valence-corrected chi connectivity index (χ3v) is 7.14. The van der Waals surface area contributed by atoms with Crippen molar-refractivity contribution in [1.82, 2.24) is 9.47 Å². The van der Waals surface area contributed by atoms with Crippen LogP contribution in [0.2, 0.25) is 0 Å². The second kappa shape index (κ2) is 10.6. The Balaban J connectivity index is 1.44. The van der Waals surface area contributed by atoms with Crippen molar-refractivity contribution in [3.8, 4) is 11.5 Å². The first-order valence-electron chi connectivity index (χ1n) is 12.7. The van der Waals surface area contributed by atoms with Crippen molar-refractivity contribution in [2.24, 2.45) is 12.5 Å². The number of nitrogens with zero attached hydrogens (tertiary/aromatic N) is 2. The van der Waals surface area contributed by atoms with Crippen LogP contribution >= 0.6 is 0 Å². The third-order valence-electron chi connectivity index (χ3n) is 7.14. The molecule has 1 unspecified atom stereocenters. The SMILES string of the molecule is COc1ccc(CN(CC2CCCO2)C(=O)c2cn(C)c3ccccc3c2=O)cc1OCC1(C)COC1. The van der Waals surface area contributed by atoms with E-state index in [1.165, 1.54) is 0 Å². The minimum absolute atomic E-state index is 0.0149. The van der Waals surface area contributed by atoms with Crippen LogP contribution in [0.4, 0.5) is 0 Å². The molecule has 2 aliphatic rings. The summed E-state index contributed by atoms with van der Waals surface area (Å²) in [5.74, 6) is 0.950. The lowest BCUT2D eigenvalue weighted by Crippen LogP contribution is -2.44. The van der Waals surface area contributed by atoms with E-state index in [2.05, 4.69) is 6.92 Å². The summed E-state index contributed by atoms with van der Waals surface area (Å²) in [5.41, 5.74) is 1.55. The molecule has 0 N–H and O–H groups in total. The maximum atomic E-state index is 13.9. The van der Waals surface area contributed by atoms with Gasteiger partial charge in [0.2, 0.25) is 5.43 Å². The molecule has 8 nitrogen and oxygen atoms in total. The van der Waals surface area contributed by atoms with Gasteiger partial charge >= 0.3 is 0 Å². The Kier molecular flexibility index (Phi) is 7.22. The minimum atomic E-state index is -0.306. The summed E-state index contributed by atoms with van der Waals surface area (Å²) in [7, 11) is 3.46. The topological polar surface area (TPSA) is 79.2 Å². The van der Waals surface area contributed by atoms with Crippen LogP contribution in [-0.2, 0) is 23.1 Å². The molecule has 2 aliphatic heterocycles. The first-order valence-corrected chi connectivity index (χ1v) is 12.7. The maximum absolute atomic E-state index is 13.9. The number of rotatable bonds is 9. The van der Waals surface area contributed by atoms with Crippen molar-refractivity contribution in [2.45, 2.75) is 32.4 Å². The first kappa shape index (κ1) is 25.3. The Bertz CT molecular complexity index is 1340. The molecule has 2 saturated heterocycles. The lowest BCUT2D eigenvalue weighted by Gasteiger charge is -2.37. The number of aryl methyl sites for hydroxylation is 1. The average molecular weight is 507 g/mol. The molecule has 0 saturated carbocycles. The predicted molar refractivity (Wildman–Crippen MR) is 140 cm³/mol. The van der Waals surface area contributed by atoms with E-state index in [9.17, 15) is 9.59 Å². The van der Waals surface area contributed by atoms with Crippen LogP contribution in [-0.4, -0.2) is 61.6 Å². The molecule has 0 aliphatic carbocycles. The van der Waals surface area contributed by atoms with Crippen molar-refractivity contribution in [2.75, 3.05) is 40.1 Å². The van der Waals surface area contributed by atoms with Crippen LogP contribution in [0.15, 0.2) is 53.5 Å². The Hall–Kier alpha value is -3.36. The normalized spacial score (nSPS) is 18.4. The Morgan fingerprint density at radius 1 is 1.19 bits per heavy atom. The second-order valence-electron chi connectivity index (χ2n) is 10.4. The third kappa shape index (κ3) is 5.36. The zero-order valence-corrected chi connectivity index (χ0v) is 21.7. The summed E-state index contributed by atoms with van der Waals surface area (Å²) in [6.07, 6.45) is 3.44. The fourth-order valence-corrected chi connectivity index (χ4v) is 4.95. The summed E-state index contributed by atoms with van der Waals surface area (Å²) in [5, 5.41) is 0.529. The van der Waals surface area contributed by atoms with E-state index in [1.807, 2.05) is 48.0 Å². The van der Waals surface area contributed by atoms with Crippen LogP contribution in [0.5, 0.6) is 11.5 Å². The van der Waals surface area contributed by atoms with Crippen LogP contribution in [0.1, 0.15) is 35.7 Å². The number of ether oxygens (including phenoxy) is 4. The monoisotopic (exact) mass is 506 g/mol. The number of hydrogen-bond donors (Lipinski definition) is 0. The molecule has 1 atom stereocenters. The summed E-state index contributed by atoms with van der Waals surface area (Å²) >= 11 is 0. The molecule has 0 bridgehead atoms. The predicted octanol–water partition coefficient (Wildman–Crippen LogP) is 3.78. The molecule has 3 heterocycles. The molecule has 2 fully saturated rings. The second-order valence-corrected chi connectivity index (χ2v) is 10.4. The molecule has 1 amide bonds. The van der Waals surface area contributed by atoms with Gasteiger partial charge in [-0.3, -0.25) is 9.59 Å². The molecule has 0 radical (unpaired) electrons. The van der Waals surface area contributed by atoms with Crippen molar-refractivity contribution in [3.63, 3.8) is 0 Å². The maximum Gasteiger partial charge on any atom is 0.259 e. The number of amides is 1. The Morgan fingerprint density at radius 3 is 2.70 bits per heavy atom. The summed E-state index contributed by atoms with van der Waals surface area (Å²) in [6, 6.07) is 13.0. The van der Waals surface area contributed by atoms with Crippen LogP contribution in [0.3, 0.4) is 0 Å². The van der Waals surface area contributed by atoms with Crippen LogP contribution < -0.4 is 14.9 Å². The van der Waals surface area contributed by atoms with Gasteiger partial charge in [0.15, 0.2) is 11.5 Å². The van der Waals surface area contributed by atoms with E-state index in [-0.39, 0.29) is 28.4 Å². The van der Waals surface area contributed by atoms with Crippen molar-refractivity contribution in [3.05, 3.63) is 70.0 Å². The number of fused-ring (bicyclic) bond motifs is 1. The van der Waals surface area contributed by atoms with Crippen LogP contribution in [0, 0.1) is 5.41 Å². The van der Waals surface area contributed by atoms with E-state index < -0.39 is 0 Å². The number of methoxy groups -OCH3 is 1. The van der Waals surface area contributed by atoms with Gasteiger partial charge in [0.25, 0.3) is 5.91 Å². The van der Waals surface area contributed by atoms with E-state index in [0.29, 0.717) is 56.4 Å². The molecule has 37 heavy (non-hydrogen) atoms. The number of hydrogen-bond acceptors (Lipinski definition) is 6. The standard InChI is InChI=1S/C29H34N2O6/c1-29(17-35-18-29)19-37-26-13-20(10-11-25(26)34-3)14-31(15-21-7-6-12-36-21)28(33)23-16-30(2)24-9-5-4-8-22(24)27(23)32/h4-5,8-11,13,16,21H,6-7,12,14-15,17-19H2,1-3H3. The fraction of sp³-hybridized carbons (Fsp3) is 0.448. The quantitative estimate of drug-likeness (QED) is 0.440. The van der Waals surface area contributed by atoms with Crippen molar-refractivity contribution < 1.29 is 23.7 Å². The molecule has 0 spiro atoms. The van der Waals surface area contributed by atoms with Gasteiger partial charge in [0.1, 0.15) is 5.56 Å². The highest BCUT2D eigenvalue weighted by atomic mass is 16.5. The number of carbonyl (C=O) groups is 1. The molecular weight excluding hydrogens is 472 g/mol. The number of para-hydroxylation sites is 1. The Labute approximate surface area is 216 Å². The highest BCUT2D eigenvalue weighted by molar-refractivity contribution is 5.97. The Morgan fingerprint density at radius 2 is 2.00 bits per heavy atom. The highest BCUT2D eigenvalue weighted by Gasteiger charge is 2.34. The number of carbonyl (C=O) groups excluding carboxylic acids is 1. The smallest absolute Gasteiger partial charge is 0.259 e. The van der Waals surface area contributed by atoms with Gasteiger partial charge in [-0.2, -0.15) is 0 Å². The van der Waals surface area contributed by atoms with Gasteiger partial charge < -0.3 is 28.4 Å². The molecule has 8 heteroatoms. The molecule has 1 aromatic heterocycles. The van der Waals surface area contributed by atoms with E-state index in [1.54, 1.807) is 24.3 Å². The lowest BCUT2D eigenvalue weighted by molar-refractivity contribution is -0.120. The van der Waals surface area contributed by atoms with Gasteiger partial charge in [0.05, 0.1) is 38.6 Å². The van der Waals surface area contributed by atoms with Crippen molar-refractivity contribution >= 4 is 16.8 Å². The molecular formula is C29H34N2O6. The summed E-state index contributed by atoms with van der Waals surface area (Å²) in [4.78, 5) is 28.9. The highest BCUT2D eigenvalue weighted by Crippen LogP contribution is 2.33. The zero-order valence-electron chi connectivity index (χ0n) is 21.7. The zero-order chi connectivity index (χ0) is 26.0. The first-order chi connectivity index (χ1) is 17.9. The van der Waals surface area contributed by atoms with E-state index in [4.69, 9.17) is 18.9 Å². The average Bonchev–Trinajstić information content (AvgIpc) is 3.41. The van der Waals surface area contributed by atoms with Crippen LogP contribution in [0.25, 0.3) is 10.9 Å². The molecule has 196 valence electrons. The summed E-state index contributed by atoms with van der Waals surface area (Å²) in [6.45, 7) is 5.38. The molecule has 2 aromatic carbocycles.